The SMILES string of the molecule is CC.CCOC(=O)CCCNC1CCCCC1. The third-order valence-electron chi connectivity index (χ3n) is 2.90. The van der Waals surface area contributed by atoms with Crippen molar-refractivity contribution in [3.8, 4) is 0 Å². The number of carbonyl (C=O) groups excluding carboxylic acids is 1. The second kappa shape index (κ2) is 11.9. The van der Waals surface area contributed by atoms with E-state index in [4.69, 9.17) is 4.74 Å². The van der Waals surface area contributed by atoms with Gasteiger partial charge in [-0.1, -0.05) is 33.1 Å². The predicted molar refractivity (Wildman–Crippen MR) is 72.1 cm³/mol. The van der Waals surface area contributed by atoms with Crippen molar-refractivity contribution in [2.45, 2.75) is 71.8 Å². The van der Waals surface area contributed by atoms with Crippen molar-refractivity contribution in [3.05, 3.63) is 0 Å². The maximum atomic E-state index is 11.0. The van der Waals surface area contributed by atoms with Crippen LogP contribution in [0.1, 0.15) is 65.7 Å². The highest BCUT2D eigenvalue weighted by Crippen LogP contribution is 2.17. The number of hydrogen-bond donors (Lipinski definition) is 1. The Kier molecular flexibility index (Phi) is 11.5. The summed E-state index contributed by atoms with van der Waals surface area (Å²) in [5, 5.41) is 3.51. The molecule has 0 atom stereocenters. The number of ether oxygens (including phenoxy) is 1. The molecule has 1 rings (SSSR count). The molecule has 1 fully saturated rings. The molecule has 0 radical (unpaired) electrons. The molecule has 0 aromatic heterocycles. The van der Waals surface area contributed by atoms with Gasteiger partial charge in [0.2, 0.25) is 0 Å². The molecule has 0 spiro atoms. The van der Waals surface area contributed by atoms with Gasteiger partial charge in [-0.25, -0.2) is 0 Å². The van der Waals surface area contributed by atoms with Gasteiger partial charge in [-0.2, -0.15) is 0 Å². The molecule has 0 aromatic carbocycles. The number of rotatable bonds is 6. The maximum absolute atomic E-state index is 11.0. The highest BCUT2D eigenvalue weighted by molar-refractivity contribution is 5.69. The summed E-state index contributed by atoms with van der Waals surface area (Å²) < 4.78 is 4.87. The highest BCUT2D eigenvalue weighted by Gasteiger charge is 2.12. The zero-order valence-electron chi connectivity index (χ0n) is 11.8. The van der Waals surface area contributed by atoms with Gasteiger partial charge in [0, 0.05) is 12.5 Å². The van der Waals surface area contributed by atoms with Crippen molar-refractivity contribution in [1.82, 2.24) is 5.32 Å². The molecule has 3 nitrogen and oxygen atoms in total. The van der Waals surface area contributed by atoms with Gasteiger partial charge in [-0.15, -0.1) is 0 Å². The van der Waals surface area contributed by atoms with Crippen LogP contribution in [0.4, 0.5) is 0 Å². The molecule has 1 N–H and O–H groups in total. The van der Waals surface area contributed by atoms with Gasteiger partial charge in [0.15, 0.2) is 0 Å². The molecule has 0 bridgehead atoms. The van der Waals surface area contributed by atoms with E-state index in [1.54, 1.807) is 0 Å². The zero-order chi connectivity index (χ0) is 12.9. The van der Waals surface area contributed by atoms with Crippen molar-refractivity contribution in [1.29, 1.82) is 0 Å². The van der Waals surface area contributed by atoms with Crippen LogP contribution in [-0.2, 0) is 9.53 Å². The normalized spacial score (nSPS) is 15.9. The fourth-order valence-corrected chi connectivity index (χ4v) is 2.08. The van der Waals surface area contributed by atoms with Crippen LogP contribution < -0.4 is 5.32 Å². The first-order chi connectivity index (χ1) is 8.33. The van der Waals surface area contributed by atoms with Crippen molar-refractivity contribution in [2.24, 2.45) is 0 Å². The molecule has 3 heteroatoms. The lowest BCUT2D eigenvalue weighted by Crippen LogP contribution is -2.31. The summed E-state index contributed by atoms with van der Waals surface area (Å²) in [5.74, 6) is -0.0667. The van der Waals surface area contributed by atoms with Crippen LogP contribution in [0.3, 0.4) is 0 Å². The number of nitrogens with one attached hydrogen (secondary N) is 1. The van der Waals surface area contributed by atoms with Gasteiger partial charge < -0.3 is 10.1 Å². The molecule has 0 amide bonds. The van der Waals surface area contributed by atoms with Gasteiger partial charge >= 0.3 is 5.97 Å². The molecule has 102 valence electrons. The molecular formula is C14H29NO2. The Morgan fingerprint density at radius 1 is 1.24 bits per heavy atom. The molecular weight excluding hydrogens is 214 g/mol. The molecule has 1 aliphatic carbocycles. The van der Waals surface area contributed by atoms with E-state index in [2.05, 4.69) is 5.32 Å². The number of esters is 1. The molecule has 0 aromatic rings. The van der Waals surface area contributed by atoms with Gasteiger partial charge in [0.05, 0.1) is 6.61 Å². The quantitative estimate of drug-likeness (QED) is 0.575. The second-order valence-corrected chi connectivity index (χ2v) is 4.20. The fourth-order valence-electron chi connectivity index (χ4n) is 2.08. The van der Waals surface area contributed by atoms with Crippen LogP contribution in [0.15, 0.2) is 0 Å². The Labute approximate surface area is 106 Å². The second-order valence-electron chi connectivity index (χ2n) is 4.20. The topological polar surface area (TPSA) is 38.3 Å². The van der Waals surface area contributed by atoms with Gasteiger partial charge in [0.25, 0.3) is 0 Å². The Bertz CT molecular complexity index is 177. The summed E-state index contributed by atoms with van der Waals surface area (Å²) in [6.45, 7) is 7.29. The van der Waals surface area contributed by atoms with E-state index in [1.807, 2.05) is 20.8 Å². The Morgan fingerprint density at radius 3 is 2.47 bits per heavy atom. The monoisotopic (exact) mass is 243 g/mol. The molecule has 1 saturated carbocycles. The van der Waals surface area contributed by atoms with E-state index in [0.29, 0.717) is 19.1 Å². The minimum atomic E-state index is -0.0667. The lowest BCUT2D eigenvalue weighted by atomic mass is 9.95. The van der Waals surface area contributed by atoms with Crippen LogP contribution in [0.25, 0.3) is 0 Å². The first-order valence-electron chi connectivity index (χ1n) is 7.22. The molecule has 0 unspecified atom stereocenters. The van der Waals surface area contributed by atoms with Crippen molar-refractivity contribution in [3.63, 3.8) is 0 Å². The van der Waals surface area contributed by atoms with Gasteiger partial charge in [-0.05, 0) is 32.7 Å². The maximum Gasteiger partial charge on any atom is 0.305 e. The molecule has 1 aliphatic rings. The Hall–Kier alpha value is -0.570. The number of hydrogen-bond acceptors (Lipinski definition) is 3. The van der Waals surface area contributed by atoms with E-state index in [9.17, 15) is 4.79 Å². The zero-order valence-corrected chi connectivity index (χ0v) is 11.8. The Balaban J connectivity index is 0.00000121. The smallest absolute Gasteiger partial charge is 0.305 e. The van der Waals surface area contributed by atoms with Crippen LogP contribution in [0.5, 0.6) is 0 Å². The fraction of sp³-hybridized carbons (Fsp3) is 0.929. The van der Waals surface area contributed by atoms with Crippen LogP contribution in [-0.4, -0.2) is 25.2 Å². The molecule has 0 aliphatic heterocycles. The minimum absolute atomic E-state index is 0.0667. The predicted octanol–water partition coefficient (Wildman–Crippen LogP) is 3.28. The van der Waals surface area contributed by atoms with E-state index >= 15 is 0 Å². The largest absolute Gasteiger partial charge is 0.466 e. The lowest BCUT2D eigenvalue weighted by Gasteiger charge is -2.22. The molecule has 17 heavy (non-hydrogen) atoms. The van der Waals surface area contributed by atoms with E-state index < -0.39 is 0 Å². The first kappa shape index (κ1) is 16.4. The van der Waals surface area contributed by atoms with Crippen LogP contribution in [0, 0.1) is 0 Å². The van der Waals surface area contributed by atoms with Crippen LogP contribution in [0.2, 0.25) is 0 Å². The summed E-state index contributed by atoms with van der Waals surface area (Å²) in [5.41, 5.74) is 0. The van der Waals surface area contributed by atoms with Gasteiger partial charge in [-0.3, -0.25) is 4.79 Å². The van der Waals surface area contributed by atoms with Crippen molar-refractivity contribution < 1.29 is 9.53 Å². The van der Waals surface area contributed by atoms with E-state index in [1.165, 1.54) is 32.1 Å². The first-order valence-corrected chi connectivity index (χ1v) is 7.22. The van der Waals surface area contributed by atoms with Crippen LogP contribution >= 0.6 is 0 Å². The minimum Gasteiger partial charge on any atom is -0.466 e. The van der Waals surface area contributed by atoms with Gasteiger partial charge in [0.1, 0.15) is 0 Å². The lowest BCUT2D eigenvalue weighted by molar-refractivity contribution is -0.143. The average molecular weight is 243 g/mol. The molecule has 0 heterocycles. The third-order valence-corrected chi connectivity index (χ3v) is 2.90. The van der Waals surface area contributed by atoms with E-state index in [0.717, 1.165) is 13.0 Å². The summed E-state index contributed by atoms with van der Waals surface area (Å²) in [4.78, 5) is 11.0. The van der Waals surface area contributed by atoms with Crippen molar-refractivity contribution >= 4 is 5.97 Å². The number of carbonyl (C=O) groups is 1. The average Bonchev–Trinajstić information content (AvgIpc) is 2.39. The third kappa shape index (κ3) is 9.16. The summed E-state index contributed by atoms with van der Waals surface area (Å²) in [6.07, 6.45) is 8.16. The summed E-state index contributed by atoms with van der Waals surface area (Å²) >= 11 is 0. The highest BCUT2D eigenvalue weighted by atomic mass is 16.5. The summed E-state index contributed by atoms with van der Waals surface area (Å²) in [6, 6.07) is 0.695. The molecule has 0 saturated heterocycles. The van der Waals surface area contributed by atoms with E-state index in [-0.39, 0.29) is 5.97 Å². The van der Waals surface area contributed by atoms with Crippen molar-refractivity contribution in [2.75, 3.05) is 13.2 Å². The Morgan fingerprint density at radius 2 is 1.88 bits per heavy atom. The standard InChI is InChI=1S/C12H23NO2.C2H6/c1-2-15-12(14)9-6-10-13-11-7-4-3-5-8-11;1-2/h11,13H,2-10H2,1H3;1-2H3. The summed E-state index contributed by atoms with van der Waals surface area (Å²) in [7, 11) is 0.